The summed E-state index contributed by atoms with van der Waals surface area (Å²) >= 11 is 0. The van der Waals surface area contributed by atoms with Crippen molar-refractivity contribution in [1.82, 2.24) is 15.5 Å². The first-order chi connectivity index (χ1) is 15.9. The van der Waals surface area contributed by atoms with Crippen molar-refractivity contribution in [3.63, 3.8) is 0 Å². The number of nitrogens with zero attached hydrogens (tertiary/aromatic N) is 2. The number of piperidine rings is 1. The van der Waals surface area contributed by atoms with E-state index in [2.05, 4.69) is 40.7 Å². The highest BCUT2D eigenvalue weighted by atomic mass is 16.2. The van der Waals surface area contributed by atoms with E-state index in [1.165, 1.54) is 11.1 Å². The lowest BCUT2D eigenvalue weighted by Crippen LogP contribution is -2.54. The maximum atomic E-state index is 13.2. The number of anilines is 1. The molecule has 2 aromatic carbocycles. The summed E-state index contributed by atoms with van der Waals surface area (Å²) in [7, 11) is 2.00. The second-order valence-electron chi connectivity index (χ2n) is 8.79. The fraction of sp³-hybridized carbons (Fsp3) is 0.360. The molecule has 3 atom stereocenters. The molecule has 0 spiro atoms. The van der Waals surface area contributed by atoms with Crippen LogP contribution >= 0.6 is 0 Å². The van der Waals surface area contributed by atoms with E-state index in [-0.39, 0.29) is 30.8 Å². The Kier molecular flexibility index (Phi) is 5.25. The molecule has 2 aliphatic heterocycles. The number of nitrogens with one attached hydrogen (secondary N) is 2. The van der Waals surface area contributed by atoms with E-state index in [4.69, 9.17) is 0 Å². The molecule has 2 aromatic rings. The standard InChI is InChI=1S/C25H26N4O4/c1-3-26-22-16-7-5-4-6-14(16)12-20(22)28(2)15-8-9-17-18(13-15)25(33)29(24(17)32)19-10-11-21(30)27-23(19)31/h4-9,13,19-20,22,26H,3,10-12H2,1-2H3,(H,27,30,31)/t19?,20-,22+/m0/s1. The Morgan fingerprint density at radius 2 is 1.82 bits per heavy atom. The van der Waals surface area contributed by atoms with Crippen LogP contribution in [-0.4, -0.2) is 54.2 Å². The Morgan fingerprint density at radius 3 is 2.58 bits per heavy atom. The Hall–Kier alpha value is -3.52. The molecule has 1 unspecified atom stereocenters. The van der Waals surface area contributed by atoms with Gasteiger partial charge in [-0.15, -0.1) is 0 Å². The van der Waals surface area contributed by atoms with Gasteiger partial charge in [-0.1, -0.05) is 31.2 Å². The molecule has 170 valence electrons. The van der Waals surface area contributed by atoms with Gasteiger partial charge in [0.15, 0.2) is 0 Å². The molecule has 8 heteroatoms. The summed E-state index contributed by atoms with van der Waals surface area (Å²) < 4.78 is 0. The highest BCUT2D eigenvalue weighted by Crippen LogP contribution is 2.37. The van der Waals surface area contributed by atoms with Gasteiger partial charge in [0, 0.05) is 19.2 Å². The molecule has 1 aliphatic carbocycles. The molecule has 0 saturated carbocycles. The summed E-state index contributed by atoms with van der Waals surface area (Å²) in [5, 5.41) is 5.81. The maximum Gasteiger partial charge on any atom is 0.262 e. The smallest absolute Gasteiger partial charge is 0.262 e. The molecule has 33 heavy (non-hydrogen) atoms. The van der Waals surface area contributed by atoms with Crippen LogP contribution in [0.2, 0.25) is 0 Å². The summed E-state index contributed by atoms with van der Waals surface area (Å²) in [5.74, 6) is -1.96. The van der Waals surface area contributed by atoms with Crippen molar-refractivity contribution in [3.05, 3.63) is 64.7 Å². The number of hydrogen-bond donors (Lipinski definition) is 2. The Labute approximate surface area is 191 Å². The van der Waals surface area contributed by atoms with E-state index >= 15 is 0 Å². The second kappa shape index (κ2) is 8.12. The molecule has 0 radical (unpaired) electrons. The number of imide groups is 2. The number of carbonyl (C=O) groups excluding carboxylic acids is 4. The summed E-state index contributed by atoms with van der Waals surface area (Å²) in [4.78, 5) is 53.1. The SMILES string of the molecule is CCN[C@@H]1c2ccccc2C[C@@H]1N(C)c1ccc2c(c1)C(=O)N(C1CCC(=O)NC1=O)C2=O. The van der Waals surface area contributed by atoms with E-state index in [9.17, 15) is 19.2 Å². The minimum absolute atomic E-state index is 0.103. The lowest BCUT2D eigenvalue weighted by molar-refractivity contribution is -0.136. The predicted molar refractivity (Wildman–Crippen MR) is 122 cm³/mol. The van der Waals surface area contributed by atoms with Crippen LogP contribution in [0.25, 0.3) is 0 Å². The third-order valence-corrected chi connectivity index (χ3v) is 6.96. The van der Waals surface area contributed by atoms with Crippen LogP contribution in [0, 0.1) is 0 Å². The average molecular weight is 447 g/mol. The number of likely N-dealkylation sites (N-methyl/N-ethyl adjacent to an activating group) is 2. The molecular formula is C25H26N4O4. The summed E-state index contributed by atoms with van der Waals surface area (Å²) in [6.07, 6.45) is 1.12. The first kappa shape index (κ1) is 21.3. The van der Waals surface area contributed by atoms with Crippen LogP contribution in [0.15, 0.2) is 42.5 Å². The highest BCUT2D eigenvalue weighted by Gasteiger charge is 2.45. The number of fused-ring (bicyclic) bond motifs is 2. The first-order valence-electron chi connectivity index (χ1n) is 11.3. The Morgan fingerprint density at radius 1 is 1.06 bits per heavy atom. The normalized spacial score (nSPS) is 24.1. The fourth-order valence-corrected chi connectivity index (χ4v) is 5.27. The monoisotopic (exact) mass is 446 g/mol. The number of benzene rings is 2. The molecule has 0 bridgehead atoms. The molecule has 0 aromatic heterocycles. The van der Waals surface area contributed by atoms with Gasteiger partial charge in [-0.05, 0) is 48.7 Å². The molecule has 5 rings (SSSR count). The van der Waals surface area contributed by atoms with E-state index in [0.717, 1.165) is 23.6 Å². The van der Waals surface area contributed by atoms with E-state index in [1.54, 1.807) is 12.1 Å². The second-order valence-corrected chi connectivity index (χ2v) is 8.79. The first-order valence-corrected chi connectivity index (χ1v) is 11.3. The van der Waals surface area contributed by atoms with Gasteiger partial charge in [-0.2, -0.15) is 0 Å². The molecule has 8 nitrogen and oxygen atoms in total. The zero-order valence-corrected chi connectivity index (χ0v) is 18.6. The quantitative estimate of drug-likeness (QED) is 0.680. The third-order valence-electron chi connectivity index (χ3n) is 6.96. The molecule has 1 fully saturated rings. The van der Waals surface area contributed by atoms with Gasteiger partial charge in [0.1, 0.15) is 6.04 Å². The number of carbonyl (C=O) groups is 4. The van der Waals surface area contributed by atoms with E-state index in [1.807, 2.05) is 19.2 Å². The van der Waals surface area contributed by atoms with Crippen LogP contribution in [0.3, 0.4) is 0 Å². The van der Waals surface area contributed by atoms with Crippen LogP contribution in [-0.2, 0) is 16.0 Å². The Bertz CT molecular complexity index is 1180. The fourth-order valence-electron chi connectivity index (χ4n) is 5.27. The van der Waals surface area contributed by atoms with E-state index < -0.39 is 23.8 Å². The molecule has 4 amide bonds. The van der Waals surface area contributed by atoms with Gasteiger partial charge in [-0.25, -0.2) is 0 Å². The average Bonchev–Trinajstić information content (AvgIpc) is 3.29. The lowest BCUT2D eigenvalue weighted by Gasteiger charge is -2.32. The largest absolute Gasteiger partial charge is 0.369 e. The van der Waals surface area contributed by atoms with Gasteiger partial charge in [0.25, 0.3) is 11.8 Å². The van der Waals surface area contributed by atoms with Gasteiger partial charge < -0.3 is 10.2 Å². The van der Waals surface area contributed by atoms with Crippen LogP contribution in [0.1, 0.15) is 57.7 Å². The lowest BCUT2D eigenvalue weighted by atomic mass is 10.0. The summed E-state index contributed by atoms with van der Waals surface area (Å²) in [6, 6.07) is 13.0. The van der Waals surface area contributed by atoms with Crippen molar-refractivity contribution in [3.8, 4) is 0 Å². The number of rotatable bonds is 5. The van der Waals surface area contributed by atoms with Crippen LogP contribution in [0.4, 0.5) is 5.69 Å². The molecular weight excluding hydrogens is 420 g/mol. The van der Waals surface area contributed by atoms with Crippen LogP contribution < -0.4 is 15.5 Å². The van der Waals surface area contributed by atoms with E-state index in [0.29, 0.717) is 11.1 Å². The molecule has 2 heterocycles. The van der Waals surface area contributed by atoms with Gasteiger partial charge in [-0.3, -0.25) is 29.4 Å². The van der Waals surface area contributed by atoms with Crippen molar-refractivity contribution in [2.24, 2.45) is 0 Å². The molecule has 2 N–H and O–H groups in total. The number of hydrogen-bond acceptors (Lipinski definition) is 6. The Balaban J connectivity index is 1.43. The summed E-state index contributed by atoms with van der Waals surface area (Å²) in [5.41, 5.74) is 4.01. The van der Waals surface area contributed by atoms with Gasteiger partial charge in [0.2, 0.25) is 11.8 Å². The van der Waals surface area contributed by atoms with Crippen molar-refractivity contribution < 1.29 is 19.2 Å². The topological polar surface area (TPSA) is 98.8 Å². The highest BCUT2D eigenvalue weighted by molar-refractivity contribution is 6.23. The predicted octanol–water partition coefficient (Wildman–Crippen LogP) is 1.80. The van der Waals surface area contributed by atoms with Crippen molar-refractivity contribution >= 4 is 29.3 Å². The van der Waals surface area contributed by atoms with Gasteiger partial charge >= 0.3 is 0 Å². The maximum absolute atomic E-state index is 13.2. The van der Waals surface area contributed by atoms with Crippen molar-refractivity contribution in [2.75, 3.05) is 18.5 Å². The summed E-state index contributed by atoms with van der Waals surface area (Å²) in [6.45, 7) is 2.92. The van der Waals surface area contributed by atoms with Crippen molar-refractivity contribution in [1.29, 1.82) is 0 Å². The molecule has 3 aliphatic rings. The minimum atomic E-state index is -0.959. The van der Waals surface area contributed by atoms with Crippen LogP contribution in [0.5, 0.6) is 0 Å². The zero-order valence-electron chi connectivity index (χ0n) is 18.6. The van der Waals surface area contributed by atoms with Gasteiger partial charge in [0.05, 0.1) is 23.2 Å². The third kappa shape index (κ3) is 3.41. The number of amides is 4. The zero-order chi connectivity index (χ0) is 23.3. The molecule has 1 saturated heterocycles. The minimum Gasteiger partial charge on any atom is -0.369 e. The van der Waals surface area contributed by atoms with Crippen molar-refractivity contribution in [2.45, 2.75) is 44.3 Å².